The zero-order valence-corrected chi connectivity index (χ0v) is 10.6. The smallest absolute Gasteiger partial charge is 0.410 e. The van der Waals surface area contributed by atoms with Crippen LogP contribution in [0.2, 0.25) is 0 Å². The number of carbonyl (C=O) groups excluding carboxylic acids is 1. The van der Waals surface area contributed by atoms with Crippen LogP contribution in [-0.4, -0.2) is 34.0 Å². The lowest BCUT2D eigenvalue weighted by Crippen LogP contribution is -2.37. The third-order valence-corrected chi connectivity index (χ3v) is 3.97. The summed E-state index contributed by atoms with van der Waals surface area (Å²) in [6.07, 6.45) is -0.265. The van der Waals surface area contributed by atoms with Gasteiger partial charge in [0, 0.05) is 24.9 Å². The van der Waals surface area contributed by atoms with E-state index in [1.54, 1.807) is 4.90 Å². The van der Waals surface area contributed by atoms with Crippen molar-refractivity contribution in [3.8, 4) is 0 Å². The molecule has 0 N–H and O–H groups in total. The van der Waals surface area contributed by atoms with Crippen molar-refractivity contribution in [2.24, 2.45) is 11.8 Å². The zero-order chi connectivity index (χ0) is 11.4. The van der Waals surface area contributed by atoms with Gasteiger partial charge in [0.1, 0.15) is 9.93 Å². The van der Waals surface area contributed by atoms with Crippen molar-refractivity contribution in [2.45, 2.75) is 30.7 Å². The maximum atomic E-state index is 11.7. The molecule has 15 heavy (non-hydrogen) atoms. The van der Waals surface area contributed by atoms with Gasteiger partial charge in [-0.05, 0) is 20.8 Å². The van der Waals surface area contributed by atoms with E-state index in [2.05, 4.69) is 0 Å². The van der Waals surface area contributed by atoms with Gasteiger partial charge in [0.25, 0.3) is 0 Å². The minimum atomic E-state index is -0.599. The zero-order valence-electron chi connectivity index (χ0n) is 9.09. The van der Waals surface area contributed by atoms with Crippen LogP contribution in [0.3, 0.4) is 0 Å². The van der Waals surface area contributed by atoms with Crippen molar-refractivity contribution >= 4 is 29.3 Å². The summed E-state index contributed by atoms with van der Waals surface area (Å²) in [5.41, 5.74) is -0.442. The number of likely N-dealkylation sites (tertiary alicyclic amines) is 1. The maximum Gasteiger partial charge on any atom is 0.410 e. The molecule has 1 saturated heterocycles. The number of rotatable bonds is 0. The molecule has 0 aromatic heterocycles. The van der Waals surface area contributed by atoms with Crippen molar-refractivity contribution in [1.29, 1.82) is 0 Å². The summed E-state index contributed by atoms with van der Waals surface area (Å²) in [7, 11) is 0. The number of carbonyl (C=O) groups is 1. The lowest BCUT2D eigenvalue weighted by Gasteiger charge is -2.26. The quantitative estimate of drug-likeness (QED) is 0.620. The van der Waals surface area contributed by atoms with Gasteiger partial charge in [0.2, 0.25) is 0 Å². The van der Waals surface area contributed by atoms with Gasteiger partial charge in [-0.25, -0.2) is 4.79 Å². The molecule has 5 heteroatoms. The Labute approximate surface area is 99.7 Å². The van der Waals surface area contributed by atoms with Crippen molar-refractivity contribution in [1.82, 2.24) is 4.90 Å². The second kappa shape index (κ2) is 3.17. The van der Waals surface area contributed by atoms with E-state index in [-0.39, 0.29) is 17.9 Å². The number of halogens is 2. The fourth-order valence-corrected chi connectivity index (χ4v) is 2.74. The Bertz CT molecular complexity index is 284. The van der Waals surface area contributed by atoms with Gasteiger partial charge in [-0.15, -0.1) is 23.2 Å². The monoisotopic (exact) mass is 251 g/mol. The molecular weight excluding hydrogens is 237 g/mol. The molecule has 1 saturated carbocycles. The van der Waals surface area contributed by atoms with E-state index in [9.17, 15) is 4.79 Å². The van der Waals surface area contributed by atoms with Crippen LogP contribution < -0.4 is 0 Å². The van der Waals surface area contributed by atoms with Crippen LogP contribution in [0.1, 0.15) is 20.8 Å². The van der Waals surface area contributed by atoms with E-state index >= 15 is 0 Å². The first-order chi connectivity index (χ1) is 6.72. The van der Waals surface area contributed by atoms with E-state index < -0.39 is 9.93 Å². The highest BCUT2D eigenvalue weighted by molar-refractivity contribution is 6.51. The molecule has 1 heterocycles. The Kier molecular flexibility index (Phi) is 2.40. The highest BCUT2D eigenvalue weighted by Gasteiger charge is 2.68. The summed E-state index contributed by atoms with van der Waals surface area (Å²) in [5, 5.41) is 0. The number of piperidine rings is 1. The average Bonchev–Trinajstić information content (AvgIpc) is 2.47. The molecule has 2 aliphatic rings. The normalized spacial score (nSPS) is 32.5. The molecule has 0 radical (unpaired) electrons. The number of alkyl halides is 2. The summed E-state index contributed by atoms with van der Waals surface area (Å²) in [4.78, 5) is 13.3. The third kappa shape index (κ3) is 2.04. The Morgan fingerprint density at radius 3 is 2.20 bits per heavy atom. The molecule has 2 unspecified atom stereocenters. The van der Waals surface area contributed by atoms with Crippen molar-refractivity contribution in [3.63, 3.8) is 0 Å². The molecule has 0 aromatic carbocycles. The van der Waals surface area contributed by atoms with Crippen LogP contribution in [0.5, 0.6) is 0 Å². The number of hydrogen-bond acceptors (Lipinski definition) is 2. The van der Waals surface area contributed by atoms with E-state index in [1.165, 1.54) is 0 Å². The van der Waals surface area contributed by atoms with Crippen LogP contribution >= 0.6 is 23.2 Å². The average molecular weight is 252 g/mol. The topological polar surface area (TPSA) is 29.5 Å². The Hall–Kier alpha value is -0.150. The van der Waals surface area contributed by atoms with Gasteiger partial charge in [-0.1, -0.05) is 0 Å². The fraction of sp³-hybridized carbons (Fsp3) is 0.900. The molecule has 0 aromatic rings. The first-order valence-electron chi connectivity index (χ1n) is 5.07. The highest BCUT2D eigenvalue weighted by Crippen LogP contribution is 2.62. The molecule has 2 fully saturated rings. The van der Waals surface area contributed by atoms with Gasteiger partial charge >= 0.3 is 6.09 Å². The fourth-order valence-electron chi connectivity index (χ4n) is 1.98. The first-order valence-corrected chi connectivity index (χ1v) is 5.83. The largest absolute Gasteiger partial charge is 0.444 e. The van der Waals surface area contributed by atoms with Gasteiger partial charge in [0.15, 0.2) is 0 Å². The number of ether oxygens (including phenoxy) is 1. The van der Waals surface area contributed by atoms with Crippen molar-refractivity contribution in [3.05, 3.63) is 0 Å². The molecule has 1 amide bonds. The summed E-state index contributed by atoms with van der Waals surface area (Å²) in [6, 6.07) is 0. The van der Waals surface area contributed by atoms with Crippen LogP contribution in [-0.2, 0) is 4.74 Å². The number of amides is 1. The van der Waals surface area contributed by atoms with Crippen LogP contribution in [0.15, 0.2) is 0 Å². The summed E-state index contributed by atoms with van der Waals surface area (Å²) in [6.45, 7) is 6.80. The Morgan fingerprint density at radius 1 is 1.33 bits per heavy atom. The number of nitrogens with zero attached hydrogens (tertiary/aromatic N) is 1. The van der Waals surface area contributed by atoms with Crippen molar-refractivity contribution in [2.75, 3.05) is 13.1 Å². The summed E-state index contributed by atoms with van der Waals surface area (Å²) in [5.74, 6) is 0.460. The van der Waals surface area contributed by atoms with Crippen LogP contribution in [0, 0.1) is 11.8 Å². The molecule has 2 atom stereocenters. The van der Waals surface area contributed by atoms with Gasteiger partial charge in [0.05, 0.1) is 0 Å². The lowest BCUT2D eigenvalue weighted by molar-refractivity contribution is 0.0273. The number of hydrogen-bond donors (Lipinski definition) is 0. The Balaban J connectivity index is 1.87. The SMILES string of the molecule is CC(C)(C)OC(=O)N1CC2C(C1)C2(Cl)Cl. The molecule has 3 nitrogen and oxygen atoms in total. The molecule has 1 aliphatic carbocycles. The Morgan fingerprint density at radius 2 is 1.80 bits per heavy atom. The van der Waals surface area contributed by atoms with E-state index in [1.807, 2.05) is 20.8 Å². The van der Waals surface area contributed by atoms with E-state index in [4.69, 9.17) is 27.9 Å². The summed E-state index contributed by atoms with van der Waals surface area (Å²) < 4.78 is 4.66. The molecule has 0 bridgehead atoms. The van der Waals surface area contributed by atoms with E-state index in [0.717, 1.165) is 0 Å². The van der Waals surface area contributed by atoms with Gasteiger partial charge < -0.3 is 9.64 Å². The first kappa shape index (κ1) is 11.3. The molecular formula is C10H15Cl2NO2. The second-order valence-corrected chi connectivity index (χ2v) is 6.72. The van der Waals surface area contributed by atoms with Gasteiger partial charge in [-0.2, -0.15) is 0 Å². The van der Waals surface area contributed by atoms with Crippen LogP contribution in [0.25, 0.3) is 0 Å². The lowest BCUT2D eigenvalue weighted by atomic mass is 10.2. The predicted octanol–water partition coefficient (Wildman–Crippen LogP) is 2.66. The van der Waals surface area contributed by atoms with E-state index in [0.29, 0.717) is 13.1 Å². The molecule has 86 valence electrons. The molecule has 1 aliphatic heterocycles. The molecule has 2 rings (SSSR count). The van der Waals surface area contributed by atoms with Crippen LogP contribution in [0.4, 0.5) is 4.79 Å². The second-order valence-electron chi connectivity index (χ2n) is 5.27. The van der Waals surface area contributed by atoms with Crippen molar-refractivity contribution < 1.29 is 9.53 Å². The minimum Gasteiger partial charge on any atom is -0.444 e. The number of fused-ring (bicyclic) bond motifs is 1. The third-order valence-electron chi connectivity index (χ3n) is 2.85. The maximum absolute atomic E-state index is 11.7. The summed E-state index contributed by atoms with van der Waals surface area (Å²) >= 11 is 12.0. The molecule has 0 spiro atoms. The standard InChI is InChI=1S/C10H15Cl2NO2/c1-9(2,3)15-8(14)13-4-6-7(5-13)10(6,11)12/h6-7H,4-5H2,1-3H3. The highest BCUT2D eigenvalue weighted by atomic mass is 35.5. The van der Waals surface area contributed by atoms with Gasteiger partial charge in [-0.3, -0.25) is 0 Å². The minimum absolute atomic E-state index is 0.230. The predicted molar refractivity (Wildman–Crippen MR) is 59.2 cm³/mol.